The van der Waals surface area contributed by atoms with Crippen molar-refractivity contribution in [3.8, 4) is 0 Å². The number of anilines is 1. The fraction of sp³-hybridized carbons (Fsp3) is 0.333. The first-order valence-corrected chi connectivity index (χ1v) is 11.9. The van der Waals surface area contributed by atoms with Gasteiger partial charge >= 0.3 is 22.6 Å². The van der Waals surface area contributed by atoms with Gasteiger partial charge in [0, 0.05) is 24.7 Å². The molecule has 1 fully saturated rings. The second-order valence-electron chi connectivity index (χ2n) is 8.13. The van der Waals surface area contributed by atoms with Crippen molar-refractivity contribution in [1.82, 2.24) is 9.44 Å². The SMILES string of the molecule is NC(=O)c1ccc(F)cc1N1CCC(NS(=O)(=O)NC(=O)c2cc(C(F)(F)F)cc(C(F)(F)F)c2)CC1. The minimum absolute atomic E-state index is 0.0482. The summed E-state index contributed by atoms with van der Waals surface area (Å²) in [6, 6.07) is 2.57. The van der Waals surface area contributed by atoms with Crippen LogP contribution in [-0.2, 0) is 22.6 Å². The van der Waals surface area contributed by atoms with Gasteiger partial charge in [0.25, 0.3) is 11.8 Å². The van der Waals surface area contributed by atoms with E-state index in [4.69, 9.17) is 5.73 Å². The van der Waals surface area contributed by atoms with Gasteiger partial charge in [-0.05, 0) is 49.2 Å². The van der Waals surface area contributed by atoms with Crippen molar-refractivity contribution < 1.29 is 48.7 Å². The Balaban J connectivity index is 1.70. The van der Waals surface area contributed by atoms with Gasteiger partial charge in [-0.3, -0.25) is 9.59 Å². The van der Waals surface area contributed by atoms with Gasteiger partial charge in [0.05, 0.1) is 22.4 Å². The molecule has 0 atom stereocenters. The number of carbonyl (C=O) groups is 2. The second kappa shape index (κ2) is 10.2. The van der Waals surface area contributed by atoms with Crippen LogP contribution in [0.5, 0.6) is 0 Å². The van der Waals surface area contributed by atoms with Crippen molar-refractivity contribution in [2.75, 3.05) is 18.0 Å². The van der Waals surface area contributed by atoms with Crippen LogP contribution in [0.15, 0.2) is 36.4 Å². The molecule has 0 aliphatic carbocycles. The summed E-state index contributed by atoms with van der Waals surface area (Å²) in [6.45, 7) is 0.265. The Morgan fingerprint density at radius 2 is 1.46 bits per heavy atom. The molecule has 1 aliphatic heterocycles. The molecule has 2 amide bonds. The maximum Gasteiger partial charge on any atom is 0.416 e. The van der Waals surface area contributed by atoms with Crippen LogP contribution in [0.4, 0.5) is 36.4 Å². The molecule has 3 rings (SSSR count). The number of halogens is 7. The van der Waals surface area contributed by atoms with Crippen LogP contribution in [0.3, 0.4) is 0 Å². The fourth-order valence-corrected chi connectivity index (χ4v) is 4.82. The molecule has 0 spiro atoms. The van der Waals surface area contributed by atoms with Gasteiger partial charge in [0.1, 0.15) is 5.82 Å². The average molecular weight is 556 g/mol. The van der Waals surface area contributed by atoms with Crippen LogP contribution in [0.25, 0.3) is 0 Å². The van der Waals surface area contributed by atoms with Crippen molar-refractivity contribution in [2.24, 2.45) is 5.73 Å². The molecule has 1 aliphatic rings. The molecule has 4 N–H and O–H groups in total. The van der Waals surface area contributed by atoms with Crippen molar-refractivity contribution in [3.63, 3.8) is 0 Å². The van der Waals surface area contributed by atoms with Crippen LogP contribution < -0.4 is 20.1 Å². The standard InChI is InChI=1S/C21H19F7N4O4S/c22-14-1-2-16(18(29)33)17(10-14)32-5-3-15(4-6-32)30-37(35,36)31-19(34)11-7-12(20(23,24)25)9-13(8-11)21(26,27)28/h1-2,7-10,15,30H,3-6H2,(H2,29,33)(H,31,34). The lowest BCUT2D eigenvalue weighted by atomic mass is 10.0. The maximum absolute atomic E-state index is 13.7. The predicted molar refractivity (Wildman–Crippen MR) is 116 cm³/mol. The summed E-state index contributed by atoms with van der Waals surface area (Å²) in [5.74, 6) is -3.13. The predicted octanol–water partition coefficient (Wildman–Crippen LogP) is 3.20. The van der Waals surface area contributed by atoms with Crippen molar-refractivity contribution in [1.29, 1.82) is 0 Å². The summed E-state index contributed by atoms with van der Waals surface area (Å²) in [5.41, 5.74) is 0.828. The highest BCUT2D eigenvalue weighted by Crippen LogP contribution is 2.36. The molecule has 2 aromatic carbocycles. The summed E-state index contributed by atoms with van der Waals surface area (Å²) in [6.07, 6.45) is -10.2. The quantitative estimate of drug-likeness (QED) is 0.472. The number of hydrogen-bond acceptors (Lipinski definition) is 5. The van der Waals surface area contributed by atoms with Gasteiger partial charge in [0.15, 0.2) is 0 Å². The van der Waals surface area contributed by atoms with Crippen molar-refractivity contribution in [3.05, 3.63) is 64.5 Å². The van der Waals surface area contributed by atoms with Gasteiger partial charge in [-0.15, -0.1) is 0 Å². The summed E-state index contributed by atoms with van der Waals surface area (Å²) in [5, 5.41) is 0. The number of benzene rings is 2. The Bertz CT molecular complexity index is 1270. The number of amides is 2. The maximum atomic E-state index is 13.7. The topological polar surface area (TPSA) is 122 Å². The molecule has 16 heteroatoms. The molecule has 202 valence electrons. The molecule has 2 aromatic rings. The first kappa shape index (κ1) is 28.2. The zero-order valence-electron chi connectivity index (χ0n) is 18.6. The van der Waals surface area contributed by atoms with Crippen molar-refractivity contribution >= 4 is 27.7 Å². The van der Waals surface area contributed by atoms with E-state index in [0.29, 0.717) is 0 Å². The highest BCUT2D eigenvalue weighted by atomic mass is 32.2. The van der Waals surface area contributed by atoms with E-state index in [1.165, 1.54) is 10.8 Å². The van der Waals surface area contributed by atoms with Gasteiger partial charge < -0.3 is 10.6 Å². The third-order valence-electron chi connectivity index (χ3n) is 5.46. The number of alkyl halides is 6. The van der Waals surface area contributed by atoms with Crippen LogP contribution in [0.1, 0.15) is 44.7 Å². The van der Waals surface area contributed by atoms with Gasteiger partial charge in [0.2, 0.25) is 0 Å². The third-order valence-corrected chi connectivity index (χ3v) is 6.56. The molecule has 8 nitrogen and oxygen atoms in total. The minimum Gasteiger partial charge on any atom is -0.371 e. The van der Waals surface area contributed by atoms with E-state index in [0.717, 1.165) is 12.1 Å². The van der Waals surface area contributed by atoms with Crippen LogP contribution in [0.2, 0.25) is 0 Å². The van der Waals surface area contributed by atoms with Crippen LogP contribution in [-0.4, -0.2) is 39.4 Å². The Morgan fingerprint density at radius 3 is 1.95 bits per heavy atom. The first-order chi connectivity index (χ1) is 17.0. The lowest BCUT2D eigenvalue weighted by Crippen LogP contribution is -2.49. The molecule has 0 aromatic heterocycles. The lowest BCUT2D eigenvalue weighted by Gasteiger charge is -2.34. The van der Waals surface area contributed by atoms with Gasteiger partial charge in [-0.2, -0.15) is 39.5 Å². The molecule has 0 radical (unpaired) electrons. The van der Waals surface area contributed by atoms with Gasteiger partial charge in [-0.25, -0.2) is 9.11 Å². The summed E-state index contributed by atoms with van der Waals surface area (Å²) < 4.78 is 120. The number of carbonyl (C=O) groups excluding carboxylic acids is 2. The largest absolute Gasteiger partial charge is 0.416 e. The van der Waals surface area contributed by atoms with E-state index >= 15 is 0 Å². The number of nitrogens with zero attached hydrogens (tertiary/aromatic N) is 1. The highest BCUT2D eigenvalue weighted by Gasteiger charge is 2.38. The zero-order valence-corrected chi connectivity index (χ0v) is 19.4. The number of nitrogens with one attached hydrogen (secondary N) is 2. The second-order valence-corrected chi connectivity index (χ2v) is 9.58. The molecular formula is C21H19F7N4O4S. The van der Waals surface area contributed by atoms with Crippen LogP contribution in [0, 0.1) is 5.82 Å². The van der Waals surface area contributed by atoms with E-state index < -0.39 is 62.9 Å². The Kier molecular flexibility index (Phi) is 7.74. The normalized spacial score (nSPS) is 15.5. The number of nitrogens with two attached hydrogens (primary N) is 1. The van der Waals surface area contributed by atoms with Crippen molar-refractivity contribution in [2.45, 2.75) is 31.2 Å². The minimum atomic E-state index is -5.22. The third kappa shape index (κ3) is 7.09. The van der Waals surface area contributed by atoms with E-state index in [-0.39, 0.29) is 55.4 Å². The molecule has 1 saturated heterocycles. The van der Waals surface area contributed by atoms with E-state index in [9.17, 15) is 48.7 Å². The average Bonchev–Trinajstić information content (AvgIpc) is 2.77. The Hall–Kier alpha value is -3.40. The number of piperidine rings is 1. The first-order valence-electron chi connectivity index (χ1n) is 10.4. The molecular weight excluding hydrogens is 537 g/mol. The lowest BCUT2D eigenvalue weighted by molar-refractivity contribution is -0.143. The number of hydrogen-bond donors (Lipinski definition) is 3. The molecule has 37 heavy (non-hydrogen) atoms. The molecule has 0 bridgehead atoms. The molecule has 0 unspecified atom stereocenters. The summed E-state index contributed by atoms with van der Waals surface area (Å²) in [4.78, 5) is 25.5. The highest BCUT2D eigenvalue weighted by molar-refractivity contribution is 7.88. The molecule has 0 saturated carbocycles. The summed E-state index contributed by atoms with van der Waals surface area (Å²) >= 11 is 0. The van der Waals surface area contributed by atoms with E-state index in [1.54, 1.807) is 4.90 Å². The zero-order chi connectivity index (χ0) is 27.8. The van der Waals surface area contributed by atoms with E-state index in [2.05, 4.69) is 4.72 Å². The van der Waals surface area contributed by atoms with E-state index in [1.807, 2.05) is 0 Å². The van der Waals surface area contributed by atoms with Gasteiger partial charge in [-0.1, -0.05) is 0 Å². The Labute approximate surface area is 205 Å². The number of rotatable bonds is 6. The number of primary amides is 1. The monoisotopic (exact) mass is 556 g/mol. The Morgan fingerprint density at radius 1 is 0.919 bits per heavy atom. The fourth-order valence-electron chi connectivity index (χ4n) is 3.73. The molecule has 1 heterocycles. The smallest absolute Gasteiger partial charge is 0.371 e. The summed E-state index contributed by atoms with van der Waals surface area (Å²) in [7, 11) is -4.70. The van der Waals surface area contributed by atoms with Crippen LogP contribution >= 0.6 is 0 Å².